The van der Waals surface area contributed by atoms with Crippen LogP contribution in [0.4, 0.5) is 4.79 Å². The fourth-order valence-electron chi connectivity index (χ4n) is 2.99. The summed E-state index contributed by atoms with van der Waals surface area (Å²) < 4.78 is 11.4. The highest BCUT2D eigenvalue weighted by atomic mass is 16.6. The molecule has 0 spiro atoms. The summed E-state index contributed by atoms with van der Waals surface area (Å²) in [5, 5.41) is 3.25. The van der Waals surface area contributed by atoms with Gasteiger partial charge in [0.05, 0.1) is 12.1 Å². The van der Waals surface area contributed by atoms with Crippen LogP contribution in [-0.4, -0.2) is 42.0 Å². The summed E-state index contributed by atoms with van der Waals surface area (Å²) in [6, 6.07) is 9.76. The van der Waals surface area contributed by atoms with Crippen molar-refractivity contribution in [2.75, 3.05) is 13.1 Å². The number of hydrogen-bond acceptors (Lipinski definition) is 4. The smallest absolute Gasteiger partial charge is 0.412 e. The fourth-order valence-corrected chi connectivity index (χ4v) is 2.99. The quantitative estimate of drug-likeness (QED) is 0.894. The van der Waals surface area contributed by atoms with Gasteiger partial charge in [0.2, 0.25) is 0 Å². The molecule has 1 aromatic carbocycles. The van der Waals surface area contributed by atoms with Crippen molar-refractivity contribution in [3.05, 3.63) is 35.9 Å². The monoisotopic (exact) mass is 276 g/mol. The summed E-state index contributed by atoms with van der Waals surface area (Å²) >= 11 is 0. The predicted octanol–water partition coefficient (Wildman–Crippen LogP) is 1.73. The van der Waals surface area contributed by atoms with Crippen LogP contribution in [0.2, 0.25) is 0 Å². The molecule has 2 fully saturated rings. The number of nitrogens with zero attached hydrogens (tertiary/aromatic N) is 1. The molecule has 2 saturated heterocycles. The highest BCUT2D eigenvalue weighted by molar-refractivity contribution is 5.69. The van der Waals surface area contributed by atoms with Gasteiger partial charge in [-0.1, -0.05) is 30.3 Å². The molecule has 0 aromatic heterocycles. The van der Waals surface area contributed by atoms with Crippen LogP contribution < -0.4 is 5.32 Å². The number of carbonyl (C=O) groups excluding carboxylic acids is 1. The normalized spacial score (nSPS) is 27.4. The van der Waals surface area contributed by atoms with Crippen molar-refractivity contribution in [2.45, 2.75) is 38.3 Å². The highest BCUT2D eigenvalue weighted by Crippen LogP contribution is 2.34. The molecular weight excluding hydrogens is 256 g/mol. The van der Waals surface area contributed by atoms with E-state index in [1.165, 1.54) is 0 Å². The Labute approximate surface area is 118 Å². The summed E-state index contributed by atoms with van der Waals surface area (Å²) in [7, 11) is 0. The lowest BCUT2D eigenvalue weighted by atomic mass is 10.2. The second-order valence-electron chi connectivity index (χ2n) is 5.74. The second kappa shape index (κ2) is 5.07. The number of ether oxygens (including phenoxy) is 2. The molecule has 2 unspecified atom stereocenters. The third kappa shape index (κ3) is 2.39. The first-order valence-electron chi connectivity index (χ1n) is 6.96. The van der Waals surface area contributed by atoms with Crippen LogP contribution >= 0.6 is 0 Å². The van der Waals surface area contributed by atoms with Gasteiger partial charge in [0.25, 0.3) is 0 Å². The molecule has 108 valence electrons. The lowest BCUT2D eigenvalue weighted by Crippen LogP contribution is -2.49. The van der Waals surface area contributed by atoms with Gasteiger partial charge in [-0.25, -0.2) is 4.79 Å². The molecule has 20 heavy (non-hydrogen) atoms. The molecule has 1 amide bonds. The van der Waals surface area contributed by atoms with Crippen LogP contribution in [0, 0.1) is 0 Å². The number of hydrogen-bond donors (Lipinski definition) is 1. The molecule has 2 aliphatic rings. The molecule has 0 radical (unpaired) electrons. The standard InChI is InChI=1S/C15H20N2O3/c1-15(2)17(12-8-16-9-13(12)20-15)14(18)19-10-11-6-4-3-5-7-11/h3-7,12-13,16H,8-10H2,1-2H3. The van der Waals surface area contributed by atoms with E-state index in [2.05, 4.69) is 5.32 Å². The van der Waals surface area contributed by atoms with Crippen molar-refractivity contribution >= 4 is 6.09 Å². The minimum Gasteiger partial charge on any atom is -0.444 e. The molecule has 2 atom stereocenters. The Hall–Kier alpha value is -1.59. The van der Waals surface area contributed by atoms with Crippen molar-refractivity contribution in [1.29, 1.82) is 0 Å². The number of nitrogens with one attached hydrogen (secondary N) is 1. The Morgan fingerprint density at radius 2 is 2.15 bits per heavy atom. The summed E-state index contributed by atoms with van der Waals surface area (Å²) in [4.78, 5) is 14.1. The Kier molecular flexibility index (Phi) is 3.40. The fraction of sp³-hybridized carbons (Fsp3) is 0.533. The zero-order valence-corrected chi connectivity index (χ0v) is 11.8. The van der Waals surface area contributed by atoms with Crippen LogP contribution in [0.5, 0.6) is 0 Å². The third-order valence-electron chi connectivity index (χ3n) is 3.88. The van der Waals surface area contributed by atoms with E-state index in [4.69, 9.17) is 9.47 Å². The maximum Gasteiger partial charge on any atom is 0.412 e. The van der Waals surface area contributed by atoms with Gasteiger partial charge in [-0.2, -0.15) is 0 Å². The summed E-state index contributed by atoms with van der Waals surface area (Å²) in [5.74, 6) is 0. The van der Waals surface area contributed by atoms with Gasteiger partial charge in [0.15, 0.2) is 0 Å². The Morgan fingerprint density at radius 1 is 1.40 bits per heavy atom. The molecular formula is C15H20N2O3. The van der Waals surface area contributed by atoms with Crippen LogP contribution in [0.1, 0.15) is 19.4 Å². The zero-order chi connectivity index (χ0) is 14.2. The van der Waals surface area contributed by atoms with E-state index in [0.717, 1.165) is 18.7 Å². The van der Waals surface area contributed by atoms with E-state index in [0.29, 0.717) is 0 Å². The van der Waals surface area contributed by atoms with Gasteiger partial charge in [-0.15, -0.1) is 0 Å². The van der Waals surface area contributed by atoms with E-state index in [1.54, 1.807) is 4.90 Å². The van der Waals surface area contributed by atoms with Gasteiger partial charge in [-0.3, -0.25) is 4.90 Å². The zero-order valence-electron chi connectivity index (χ0n) is 11.8. The maximum atomic E-state index is 12.4. The van der Waals surface area contributed by atoms with Gasteiger partial charge in [-0.05, 0) is 19.4 Å². The number of benzene rings is 1. The molecule has 2 aliphatic heterocycles. The molecule has 5 nitrogen and oxygen atoms in total. The molecule has 2 heterocycles. The first-order valence-corrected chi connectivity index (χ1v) is 6.96. The second-order valence-corrected chi connectivity index (χ2v) is 5.74. The number of rotatable bonds is 2. The molecule has 0 bridgehead atoms. The minimum atomic E-state index is -0.606. The maximum absolute atomic E-state index is 12.4. The van der Waals surface area contributed by atoms with E-state index in [1.807, 2.05) is 44.2 Å². The average molecular weight is 276 g/mol. The van der Waals surface area contributed by atoms with Gasteiger partial charge in [0.1, 0.15) is 12.3 Å². The Bertz CT molecular complexity index is 489. The highest BCUT2D eigenvalue weighted by Gasteiger charge is 2.52. The third-order valence-corrected chi connectivity index (χ3v) is 3.88. The van der Waals surface area contributed by atoms with Crippen LogP contribution in [-0.2, 0) is 16.1 Å². The van der Waals surface area contributed by atoms with Crippen LogP contribution in [0.3, 0.4) is 0 Å². The van der Waals surface area contributed by atoms with Crippen LogP contribution in [0.15, 0.2) is 30.3 Å². The van der Waals surface area contributed by atoms with Gasteiger partial charge >= 0.3 is 6.09 Å². The van der Waals surface area contributed by atoms with E-state index in [9.17, 15) is 4.79 Å². The summed E-state index contributed by atoms with van der Waals surface area (Å²) in [6.45, 7) is 5.66. The van der Waals surface area contributed by atoms with Crippen molar-refractivity contribution < 1.29 is 14.3 Å². The van der Waals surface area contributed by atoms with Crippen molar-refractivity contribution in [1.82, 2.24) is 10.2 Å². The molecule has 5 heteroatoms. The van der Waals surface area contributed by atoms with Gasteiger partial charge < -0.3 is 14.8 Å². The SMILES string of the molecule is CC1(C)OC2CNCC2N1C(=O)OCc1ccccc1. The van der Waals surface area contributed by atoms with E-state index >= 15 is 0 Å². The predicted molar refractivity (Wildman–Crippen MR) is 74.1 cm³/mol. The number of amides is 1. The summed E-state index contributed by atoms with van der Waals surface area (Å²) in [5.41, 5.74) is 0.380. The minimum absolute atomic E-state index is 0.0632. The van der Waals surface area contributed by atoms with Crippen molar-refractivity contribution in [2.24, 2.45) is 0 Å². The van der Waals surface area contributed by atoms with Crippen LogP contribution in [0.25, 0.3) is 0 Å². The van der Waals surface area contributed by atoms with E-state index < -0.39 is 5.72 Å². The van der Waals surface area contributed by atoms with Gasteiger partial charge in [0, 0.05) is 13.1 Å². The number of carbonyl (C=O) groups is 1. The lowest BCUT2D eigenvalue weighted by Gasteiger charge is -2.32. The van der Waals surface area contributed by atoms with Crippen molar-refractivity contribution in [3.8, 4) is 0 Å². The first kappa shape index (κ1) is 13.4. The Morgan fingerprint density at radius 3 is 2.90 bits per heavy atom. The lowest BCUT2D eigenvalue weighted by molar-refractivity contribution is -0.0715. The number of fused-ring (bicyclic) bond motifs is 1. The first-order chi connectivity index (χ1) is 9.58. The summed E-state index contributed by atoms with van der Waals surface area (Å²) in [6.07, 6.45) is -0.246. The molecule has 3 rings (SSSR count). The molecule has 0 saturated carbocycles. The molecule has 1 aromatic rings. The van der Waals surface area contributed by atoms with Crippen molar-refractivity contribution in [3.63, 3.8) is 0 Å². The van der Waals surface area contributed by atoms with E-state index in [-0.39, 0.29) is 24.8 Å². The Balaban J connectivity index is 1.67. The topological polar surface area (TPSA) is 50.8 Å². The molecule has 0 aliphatic carbocycles. The average Bonchev–Trinajstić information content (AvgIpc) is 2.93. The molecule has 1 N–H and O–H groups in total. The largest absolute Gasteiger partial charge is 0.444 e.